The summed E-state index contributed by atoms with van der Waals surface area (Å²) in [6.45, 7) is 0. The Kier molecular flexibility index (Phi) is 1.19. The molecule has 0 bridgehead atoms. The van der Waals surface area contributed by atoms with Crippen LogP contribution in [0.5, 0.6) is 5.75 Å². The molecule has 1 aliphatic carbocycles. The van der Waals surface area contributed by atoms with Crippen molar-refractivity contribution in [1.29, 1.82) is 0 Å². The van der Waals surface area contributed by atoms with E-state index in [-0.39, 0.29) is 6.23 Å². The van der Waals surface area contributed by atoms with Crippen molar-refractivity contribution < 1.29 is 4.74 Å². The normalized spacial score (nSPS) is 21.5. The lowest BCUT2D eigenvalue weighted by Gasteiger charge is -2.02. The van der Waals surface area contributed by atoms with E-state index in [1.54, 1.807) is 0 Å². The van der Waals surface area contributed by atoms with Gasteiger partial charge in [-0.1, -0.05) is 18.2 Å². The second kappa shape index (κ2) is 2.24. The molecule has 0 fully saturated rings. The van der Waals surface area contributed by atoms with Crippen LogP contribution in [0.1, 0.15) is 5.56 Å². The maximum atomic E-state index is 5.64. The Balaban J connectivity index is 2.35. The number of fused-ring (bicyclic) bond motifs is 2. The molecular weight excluding hydrogens is 162 g/mol. The van der Waals surface area contributed by atoms with Crippen molar-refractivity contribution in [3.8, 4) is 5.75 Å². The Morgan fingerprint density at radius 2 is 2.15 bits per heavy atom. The topological polar surface area (TPSA) is 35.2 Å². The van der Waals surface area contributed by atoms with Crippen LogP contribution in [0.25, 0.3) is 18.2 Å². The highest BCUT2D eigenvalue weighted by Gasteiger charge is 2.12. The van der Waals surface area contributed by atoms with Crippen LogP contribution in [0, 0.1) is 0 Å². The molecular formula is C11H9NO. The van der Waals surface area contributed by atoms with Gasteiger partial charge in [0.1, 0.15) is 5.75 Å². The molecule has 0 saturated heterocycles. The van der Waals surface area contributed by atoms with Gasteiger partial charge in [0.2, 0.25) is 0 Å². The number of ether oxygens (including phenoxy) is 1. The summed E-state index contributed by atoms with van der Waals surface area (Å²) in [6.07, 6.45) is 7.86. The van der Waals surface area contributed by atoms with Crippen LogP contribution < -0.4 is 20.9 Å². The summed E-state index contributed by atoms with van der Waals surface area (Å²) in [7, 11) is 0. The van der Waals surface area contributed by atoms with E-state index in [0.717, 1.165) is 11.0 Å². The molecule has 2 heteroatoms. The fourth-order valence-electron chi connectivity index (χ4n) is 1.76. The lowest BCUT2D eigenvalue weighted by Crippen LogP contribution is -2.20. The predicted octanol–water partition coefficient (Wildman–Crippen LogP) is -0.0484. The molecule has 1 aromatic carbocycles. The molecule has 0 saturated carbocycles. The SMILES string of the molecule is NC1C=c2cc3c(cc2O1)=CC=C3. The van der Waals surface area contributed by atoms with Crippen LogP contribution >= 0.6 is 0 Å². The zero-order valence-corrected chi connectivity index (χ0v) is 7.03. The van der Waals surface area contributed by atoms with Crippen molar-refractivity contribution >= 4 is 18.2 Å². The molecule has 1 aliphatic heterocycles. The minimum Gasteiger partial charge on any atom is -0.471 e. The highest BCUT2D eigenvalue weighted by Crippen LogP contribution is 2.11. The van der Waals surface area contributed by atoms with Gasteiger partial charge in [0, 0.05) is 5.22 Å². The van der Waals surface area contributed by atoms with Gasteiger partial charge in [-0.25, -0.2) is 0 Å². The van der Waals surface area contributed by atoms with Crippen LogP contribution in [0.2, 0.25) is 0 Å². The highest BCUT2D eigenvalue weighted by atomic mass is 16.5. The quantitative estimate of drug-likeness (QED) is 0.594. The lowest BCUT2D eigenvalue weighted by molar-refractivity contribution is 0.284. The van der Waals surface area contributed by atoms with Crippen LogP contribution in [-0.4, -0.2) is 6.23 Å². The van der Waals surface area contributed by atoms with Gasteiger partial charge in [0.05, 0.1) is 0 Å². The van der Waals surface area contributed by atoms with Crippen molar-refractivity contribution in [2.24, 2.45) is 5.73 Å². The smallest absolute Gasteiger partial charge is 0.168 e. The third-order valence-corrected chi connectivity index (χ3v) is 2.37. The highest BCUT2D eigenvalue weighted by molar-refractivity contribution is 5.68. The van der Waals surface area contributed by atoms with E-state index >= 15 is 0 Å². The summed E-state index contributed by atoms with van der Waals surface area (Å²) in [4.78, 5) is 0. The number of benzene rings is 1. The molecule has 1 atom stereocenters. The molecule has 1 heterocycles. The molecule has 0 amide bonds. The summed E-state index contributed by atoms with van der Waals surface area (Å²) in [5, 5.41) is 2.31. The molecule has 1 unspecified atom stereocenters. The van der Waals surface area contributed by atoms with Gasteiger partial charge in [0.25, 0.3) is 0 Å². The van der Waals surface area contributed by atoms with E-state index in [2.05, 4.69) is 18.2 Å². The Hall–Kier alpha value is -1.54. The van der Waals surface area contributed by atoms with Crippen LogP contribution in [-0.2, 0) is 0 Å². The standard InChI is InChI=1S/C11H9NO/c12-11-6-9-4-7-2-1-3-8(7)5-10(9)13-11/h1-6,11H,12H2. The summed E-state index contributed by atoms with van der Waals surface area (Å²) in [6, 6.07) is 4.14. The number of allylic oxidation sites excluding steroid dienone is 1. The summed E-state index contributed by atoms with van der Waals surface area (Å²) >= 11 is 0. The van der Waals surface area contributed by atoms with E-state index in [4.69, 9.17) is 10.5 Å². The number of nitrogens with two attached hydrogens (primary N) is 1. The molecule has 0 aromatic heterocycles. The molecule has 0 spiro atoms. The van der Waals surface area contributed by atoms with Gasteiger partial charge in [0.15, 0.2) is 6.23 Å². The molecule has 64 valence electrons. The van der Waals surface area contributed by atoms with E-state index < -0.39 is 0 Å². The zero-order chi connectivity index (χ0) is 8.84. The summed E-state index contributed by atoms with van der Waals surface area (Å²) < 4.78 is 5.41. The Morgan fingerprint density at radius 1 is 1.23 bits per heavy atom. The van der Waals surface area contributed by atoms with E-state index in [1.807, 2.05) is 18.2 Å². The first-order chi connectivity index (χ1) is 6.33. The summed E-state index contributed by atoms with van der Waals surface area (Å²) in [5.74, 6) is 0.895. The van der Waals surface area contributed by atoms with Crippen molar-refractivity contribution in [1.82, 2.24) is 0 Å². The van der Waals surface area contributed by atoms with Crippen LogP contribution in [0.15, 0.2) is 18.2 Å². The van der Waals surface area contributed by atoms with Gasteiger partial charge in [-0.15, -0.1) is 0 Å². The maximum Gasteiger partial charge on any atom is 0.168 e. The number of hydrogen-bond donors (Lipinski definition) is 1. The third-order valence-electron chi connectivity index (χ3n) is 2.37. The molecule has 0 radical (unpaired) electrons. The van der Waals surface area contributed by atoms with Gasteiger partial charge >= 0.3 is 0 Å². The van der Waals surface area contributed by atoms with Gasteiger partial charge in [-0.05, 0) is 29.0 Å². The fourth-order valence-corrected chi connectivity index (χ4v) is 1.76. The Morgan fingerprint density at radius 3 is 3.08 bits per heavy atom. The minimum absolute atomic E-state index is 0.276. The molecule has 2 aliphatic rings. The van der Waals surface area contributed by atoms with E-state index in [1.165, 1.54) is 10.8 Å². The van der Waals surface area contributed by atoms with Crippen molar-refractivity contribution in [3.63, 3.8) is 0 Å². The Bertz CT molecular complexity index is 514. The second-order valence-corrected chi connectivity index (χ2v) is 3.29. The van der Waals surface area contributed by atoms with Crippen LogP contribution in [0.3, 0.4) is 0 Å². The molecule has 13 heavy (non-hydrogen) atoms. The molecule has 2 N–H and O–H groups in total. The fraction of sp³-hybridized carbons (Fsp3) is 0.0909. The average Bonchev–Trinajstić information content (AvgIpc) is 2.63. The number of hydrogen-bond acceptors (Lipinski definition) is 2. The van der Waals surface area contributed by atoms with Gasteiger partial charge in [-0.2, -0.15) is 0 Å². The minimum atomic E-state index is -0.276. The zero-order valence-electron chi connectivity index (χ0n) is 7.03. The molecule has 3 rings (SSSR count). The second-order valence-electron chi connectivity index (χ2n) is 3.29. The lowest BCUT2D eigenvalue weighted by atomic mass is 10.1. The third kappa shape index (κ3) is 0.924. The first kappa shape index (κ1) is 6.92. The molecule has 1 aromatic rings. The van der Waals surface area contributed by atoms with E-state index in [0.29, 0.717) is 0 Å². The van der Waals surface area contributed by atoms with Crippen molar-refractivity contribution in [3.05, 3.63) is 34.2 Å². The largest absolute Gasteiger partial charge is 0.471 e. The van der Waals surface area contributed by atoms with E-state index in [9.17, 15) is 0 Å². The molecule has 2 nitrogen and oxygen atoms in total. The first-order valence-corrected chi connectivity index (χ1v) is 4.29. The number of rotatable bonds is 0. The Labute approximate surface area is 75.6 Å². The average molecular weight is 171 g/mol. The monoisotopic (exact) mass is 171 g/mol. The van der Waals surface area contributed by atoms with Crippen molar-refractivity contribution in [2.75, 3.05) is 0 Å². The summed E-state index contributed by atoms with van der Waals surface area (Å²) in [5.41, 5.74) is 6.88. The predicted molar refractivity (Wildman–Crippen MR) is 52.3 cm³/mol. The van der Waals surface area contributed by atoms with Gasteiger partial charge < -0.3 is 4.74 Å². The van der Waals surface area contributed by atoms with Crippen molar-refractivity contribution in [2.45, 2.75) is 6.23 Å². The maximum absolute atomic E-state index is 5.64. The first-order valence-electron chi connectivity index (χ1n) is 4.29. The van der Waals surface area contributed by atoms with Crippen LogP contribution in [0.4, 0.5) is 0 Å². The van der Waals surface area contributed by atoms with Gasteiger partial charge in [-0.3, -0.25) is 5.73 Å².